The highest BCUT2D eigenvalue weighted by Gasteiger charge is 2.22. The van der Waals surface area contributed by atoms with Crippen molar-refractivity contribution in [1.82, 2.24) is 0 Å². The van der Waals surface area contributed by atoms with Crippen molar-refractivity contribution in [2.75, 3.05) is 6.54 Å². The fourth-order valence-electron chi connectivity index (χ4n) is 2.37. The molecule has 8 heteroatoms. The van der Waals surface area contributed by atoms with Crippen LogP contribution >= 0.6 is 11.6 Å². The summed E-state index contributed by atoms with van der Waals surface area (Å²) < 4.78 is 16.0. The van der Waals surface area contributed by atoms with Gasteiger partial charge in [-0.2, -0.15) is 0 Å². The van der Waals surface area contributed by atoms with Crippen molar-refractivity contribution in [3.63, 3.8) is 0 Å². The third-order valence-electron chi connectivity index (χ3n) is 4.21. The van der Waals surface area contributed by atoms with Crippen molar-refractivity contribution in [3.05, 3.63) is 52.5 Å². The summed E-state index contributed by atoms with van der Waals surface area (Å²) in [5.41, 5.74) is 6.49. The average Bonchev–Trinajstić information content (AvgIpc) is 2.72. The molecule has 0 atom stereocenters. The molecular formula is C23H26ClNO6. The van der Waals surface area contributed by atoms with E-state index in [0.29, 0.717) is 24.3 Å². The van der Waals surface area contributed by atoms with Gasteiger partial charge in [-0.15, -0.1) is 0 Å². The fraction of sp³-hybridized carbons (Fsp3) is 0.348. The van der Waals surface area contributed by atoms with Gasteiger partial charge in [0.05, 0.1) is 22.4 Å². The molecule has 31 heavy (non-hydrogen) atoms. The first-order chi connectivity index (χ1) is 14.6. The zero-order valence-corrected chi connectivity index (χ0v) is 18.7. The van der Waals surface area contributed by atoms with Crippen molar-refractivity contribution in [2.24, 2.45) is 17.6 Å². The predicted octanol–water partition coefficient (Wildman–Crippen LogP) is 4.18. The lowest BCUT2D eigenvalue weighted by atomic mass is 10.1. The molecule has 0 radical (unpaired) electrons. The van der Waals surface area contributed by atoms with Gasteiger partial charge in [-0.1, -0.05) is 45.4 Å². The van der Waals surface area contributed by atoms with Crippen LogP contribution in [-0.4, -0.2) is 24.5 Å². The van der Waals surface area contributed by atoms with Gasteiger partial charge in [0.1, 0.15) is 5.75 Å². The topological polar surface area (TPSA) is 105 Å². The van der Waals surface area contributed by atoms with Crippen molar-refractivity contribution in [3.8, 4) is 17.2 Å². The van der Waals surface area contributed by atoms with E-state index in [2.05, 4.69) is 0 Å². The van der Waals surface area contributed by atoms with Gasteiger partial charge in [0.15, 0.2) is 11.5 Å². The molecule has 2 aromatic carbocycles. The number of carbonyl (C=O) groups excluding carboxylic acids is 3. The lowest BCUT2D eigenvalue weighted by molar-refractivity contribution is -0.138. The summed E-state index contributed by atoms with van der Waals surface area (Å²) in [5, 5.41) is 0.167. The Morgan fingerprint density at radius 2 is 1.45 bits per heavy atom. The number of benzene rings is 2. The number of ether oxygens (including phenoxy) is 3. The van der Waals surface area contributed by atoms with Crippen molar-refractivity contribution in [1.29, 1.82) is 0 Å². The number of halogens is 1. The SMILES string of the molecule is CC(C)C(=O)Oc1ccc(C(=O)Oc2ccc(CCN)c(Cl)c2OC(=O)C(C)C)cc1. The second-order valence-electron chi connectivity index (χ2n) is 7.47. The first kappa shape index (κ1) is 24.4. The largest absolute Gasteiger partial charge is 0.426 e. The van der Waals surface area contributed by atoms with E-state index in [4.69, 9.17) is 31.5 Å². The van der Waals surface area contributed by atoms with Gasteiger partial charge >= 0.3 is 17.9 Å². The third kappa shape index (κ3) is 6.54. The van der Waals surface area contributed by atoms with Crippen LogP contribution < -0.4 is 19.9 Å². The third-order valence-corrected chi connectivity index (χ3v) is 4.63. The van der Waals surface area contributed by atoms with E-state index < -0.39 is 17.9 Å². The standard InChI is InChI=1S/C23H26ClNO6/c1-13(2)21(26)29-17-8-5-16(6-9-17)23(28)30-18-10-7-15(11-12-25)19(24)20(18)31-22(27)14(3)4/h5-10,13-14H,11-12,25H2,1-4H3. The summed E-state index contributed by atoms with van der Waals surface area (Å²) in [6, 6.07) is 9.10. The second kappa shape index (κ2) is 10.9. The lowest BCUT2D eigenvalue weighted by Crippen LogP contribution is -2.17. The molecule has 0 bridgehead atoms. The molecule has 2 aromatic rings. The molecule has 2 rings (SSSR count). The maximum atomic E-state index is 12.6. The van der Waals surface area contributed by atoms with Crippen molar-refractivity contribution < 1.29 is 28.6 Å². The zero-order chi connectivity index (χ0) is 23.1. The van der Waals surface area contributed by atoms with Gasteiger partial charge in [-0.3, -0.25) is 9.59 Å². The molecule has 0 heterocycles. The highest BCUT2D eigenvalue weighted by molar-refractivity contribution is 6.33. The van der Waals surface area contributed by atoms with E-state index in [1.807, 2.05) is 0 Å². The highest BCUT2D eigenvalue weighted by Crippen LogP contribution is 2.39. The Kier molecular flexibility index (Phi) is 8.59. The van der Waals surface area contributed by atoms with Crippen molar-refractivity contribution in [2.45, 2.75) is 34.1 Å². The van der Waals surface area contributed by atoms with Gasteiger partial charge in [-0.25, -0.2) is 4.79 Å². The van der Waals surface area contributed by atoms with Crippen LogP contribution in [0.2, 0.25) is 5.02 Å². The maximum Gasteiger partial charge on any atom is 0.343 e. The average molecular weight is 448 g/mol. The number of hydrogen-bond acceptors (Lipinski definition) is 7. The Bertz CT molecular complexity index is 953. The Hall–Kier alpha value is -2.90. The summed E-state index contributed by atoms with van der Waals surface area (Å²) in [6.07, 6.45) is 0.468. The minimum absolute atomic E-state index is 0.0140. The summed E-state index contributed by atoms with van der Waals surface area (Å²) in [5.74, 6) is -1.95. The highest BCUT2D eigenvalue weighted by atomic mass is 35.5. The van der Waals surface area contributed by atoms with Crippen LogP contribution in [0.25, 0.3) is 0 Å². The molecule has 0 fully saturated rings. The number of nitrogens with two attached hydrogens (primary N) is 1. The van der Waals surface area contributed by atoms with E-state index in [1.165, 1.54) is 30.3 Å². The van der Waals surface area contributed by atoms with Crippen LogP contribution in [0.15, 0.2) is 36.4 Å². The molecule has 0 saturated heterocycles. The molecule has 0 aliphatic heterocycles. The number of carbonyl (C=O) groups is 3. The monoisotopic (exact) mass is 447 g/mol. The van der Waals surface area contributed by atoms with Gasteiger partial charge < -0.3 is 19.9 Å². The van der Waals surface area contributed by atoms with Crippen LogP contribution in [0.4, 0.5) is 0 Å². The normalized spacial score (nSPS) is 10.8. The van der Waals surface area contributed by atoms with Gasteiger partial charge in [0, 0.05) is 0 Å². The minimum Gasteiger partial charge on any atom is -0.426 e. The van der Waals surface area contributed by atoms with Gasteiger partial charge in [-0.05, 0) is 48.9 Å². The van der Waals surface area contributed by atoms with Crippen LogP contribution in [0.1, 0.15) is 43.6 Å². The number of rotatable bonds is 8. The lowest BCUT2D eigenvalue weighted by Gasteiger charge is -2.15. The quantitative estimate of drug-likeness (QED) is 0.478. The molecule has 166 valence electrons. The zero-order valence-electron chi connectivity index (χ0n) is 17.9. The molecule has 0 amide bonds. The van der Waals surface area contributed by atoms with E-state index in [-0.39, 0.29) is 34.0 Å². The molecule has 0 spiro atoms. The molecular weight excluding hydrogens is 422 g/mol. The number of hydrogen-bond donors (Lipinski definition) is 1. The van der Waals surface area contributed by atoms with Crippen LogP contribution in [0.3, 0.4) is 0 Å². The molecule has 2 N–H and O–H groups in total. The molecule has 0 aromatic heterocycles. The second-order valence-corrected chi connectivity index (χ2v) is 7.85. The van der Waals surface area contributed by atoms with E-state index in [0.717, 1.165) is 0 Å². The van der Waals surface area contributed by atoms with E-state index in [9.17, 15) is 14.4 Å². The van der Waals surface area contributed by atoms with Gasteiger partial charge in [0.25, 0.3) is 0 Å². The Labute approximate surface area is 186 Å². The Morgan fingerprint density at radius 3 is 2.00 bits per heavy atom. The Balaban J connectivity index is 2.26. The molecule has 7 nitrogen and oxygen atoms in total. The maximum absolute atomic E-state index is 12.6. The minimum atomic E-state index is -0.689. The summed E-state index contributed by atoms with van der Waals surface area (Å²) >= 11 is 6.39. The van der Waals surface area contributed by atoms with E-state index >= 15 is 0 Å². The predicted molar refractivity (Wildman–Crippen MR) is 117 cm³/mol. The van der Waals surface area contributed by atoms with Crippen LogP contribution in [0.5, 0.6) is 17.2 Å². The van der Waals surface area contributed by atoms with Gasteiger partial charge in [0.2, 0.25) is 0 Å². The Morgan fingerprint density at radius 1 is 0.871 bits per heavy atom. The smallest absolute Gasteiger partial charge is 0.343 e. The summed E-state index contributed by atoms with van der Waals surface area (Å²) in [4.78, 5) is 36.4. The molecule has 0 aliphatic carbocycles. The van der Waals surface area contributed by atoms with E-state index in [1.54, 1.807) is 33.8 Å². The molecule has 0 saturated carbocycles. The fourth-order valence-corrected chi connectivity index (χ4v) is 2.66. The molecule has 0 aliphatic rings. The van der Waals surface area contributed by atoms with Crippen molar-refractivity contribution >= 4 is 29.5 Å². The molecule has 0 unspecified atom stereocenters. The number of esters is 3. The van der Waals surface area contributed by atoms with Crippen LogP contribution in [0, 0.1) is 11.8 Å². The first-order valence-corrected chi connectivity index (χ1v) is 10.3. The summed E-state index contributed by atoms with van der Waals surface area (Å²) in [7, 11) is 0. The van der Waals surface area contributed by atoms with Crippen LogP contribution in [-0.2, 0) is 16.0 Å². The summed E-state index contributed by atoms with van der Waals surface area (Å²) in [6.45, 7) is 7.16. The first-order valence-electron chi connectivity index (χ1n) is 9.91.